The monoisotopic (exact) mass is 359 g/mol. The van der Waals surface area contributed by atoms with Crippen molar-refractivity contribution in [1.82, 2.24) is 10.2 Å². The molecule has 0 aromatic heterocycles. The van der Waals surface area contributed by atoms with Crippen molar-refractivity contribution in [3.63, 3.8) is 0 Å². The van der Waals surface area contributed by atoms with Crippen molar-refractivity contribution in [2.45, 2.75) is 19.4 Å². The van der Waals surface area contributed by atoms with E-state index in [0.29, 0.717) is 30.8 Å². The summed E-state index contributed by atoms with van der Waals surface area (Å²) in [6, 6.07) is 7.09. The third-order valence-electron chi connectivity index (χ3n) is 4.24. The van der Waals surface area contributed by atoms with E-state index in [4.69, 9.17) is 0 Å². The van der Waals surface area contributed by atoms with Gasteiger partial charge < -0.3 is 10.2 Å². The third-order valence-corrected chi connectivity index (χ3v) is 6.11. The Bertz CT molecular complexity index is 680. The molecule has 0 spiro atoms. The second-order valence-electron chi connectivity index (χ2n) is 5.84. The first-order chi connectivity index (χ1) is 10.5. The lowest BCUT2D eigenvalue weighted by Crippen LogP contribution is -2.52. The summed E-state index contributed by atoms with van der Waals surface area (Å²) in [5.41, 5.74) is 1.14. The van der Waals surface area contributed by atoms with Crippen LogP contribution < -0.4 is 9.62 Å². The first kappa shape index (κ1) is 18.0. The summed E-state index contributed by atoms with van der Waals surface area (Å²) in [5, 5.41) is 3.26. The van der Waals surface area contributed by atoms with Crippen LogP contribution in [0.1, 0.15) is 23.7 Å². The highest BCUT2D eigenvalue weighted by Crippen LogP contribution is 2.25. The van der Waals surface area contributed by atoms with Crippen molar-refractivity contribution >= 4 is 34.0 Å². The molecule has 2 aliphatic rings. The summed E-state index contributed by atoms with van der Waals surface area (Å²) in [4.78, 5) is 14.5. The molecule has 8 heteroatoms. The lowest BCUT2D eigenvalue weighted by molar-refractivity contribution is 0.0656. The Labute approximate surface area is 143 Å². The molecule has 6 nitrogen and oxygen atoms in total. The van der Waals surface area contributed by atoms with Gasteiger partial charge in [0, 0.05) is 37.8 Å². The van der Waals surface area contributed by atoms with Crippen molar-refractivity contribution in [2.24, 2.45) is 0 Å². The first-order valence-corrected chi connectivity index (χ1v) is 9.22. The molecule has 1 aromatic rings. The number of nitrogens with one attached hydrogen (secondary N) is 1. The SMILES string of the molecule is CC1CNCCN1C(=O)c1cccc(N2CCCS2(=O)=O)c1.Cl. The van der Waals surface area contributed by atoms with Crippen molar-refractivity contribution in [3.05, 3.63) is 29.8 Å². The zero-order valence-corrected chi connectivity index (χ0v) is 14.7. The Morgan fingerprint density at radius 2 is 2.09 bits per heavy atom. The van der Waals surface area contributed by atoms with Crippen molar-refractivity contribution in [1.29, 1.82) is 0 Å². The van der Waals surface area contributed by atoms with Gasteiger partial charge in [0.2, 0.25) is 10.0 Å². The Kier molecular flexibility index (Phi) is 5.54. The summed E-state index contributed by atoms with van der Waals surface area (Å²) >= 11 is 0. The maximum absolute atomic E-state index is 12.7. The summed E-state index contributed by atoms with van der Waals surface area (Å²) in [6.45, 7) is 4.75. The molecule has 1 amide bonds. The fourth-order valence-corrected chi connectivity index (χ4v) is 4.59. The lowest BCUT2D eigenvalue weighted by atomic mass is 10.1. The Balaban J connectivity index is 0.00000192. The third kappa shape index (κ3) is 3.62. The maximum Gasteiger partial charge on any atom is 0.254 e. The van der Waals surface area contributed by atoms with E-state index in [2.05, 4.69) is 5.32 Å². The predicted molar refractivity (Wildman–Crippen MR) is 92.8 cm³/mol. The number of hydrogen-bond donors (Lipinski definition) is 1. The number of halogens is 1. The number of amides is 1. The minimum Gasteiger partial charge on any atom is -0.333 e. The molecular formula is C15H22ClN3O3S. The molecule has 0 bridgehead atoms. The Morgan fingerprint density at radius 1 is 1.30 bits per heavy atom. The smallest absolute Gasteiger partial charge is 0.254 e. The van der Waals surface area contributed by atoms with E-state index in [0.717, 1.165) is 13.1 Å². The van der Waals surface area contributed by atoms with Crippen LogP contribution >= 0.6 is 12.4 Å². The summed E-state index contributed by atoms with van der Waals surface area (Å²) in [5.74, 6) is 0.146. The van der Waals surface area contributed by atoms with Gasteiger partial charge in [-0.2, -0.15) is 0 Å². The molecule has 23 heavy (non-hydrogen) atoms. The molecule has 1 unspecified atom stereocenters. The topological polar surface area (TPSA) is 69.7 Å². The quantitative estimate of drug-likeness (QED) is 0.858. The zero-order valence-electron chi connectivity index (χ0n) is 13.1. The molecule has 1 aromatic carbocycles. The number of hydrogen-bond acceptors (Lipinski definition) is 4. The van der Waals surface area contributed by atoms with Gasteiger partial charge in [-0.1, -0.05) is 6.07 Å². The number of piperazine rings is 1. The van der Waals surface area contributed by atoms with Crippen LogP contribution in [0.25, 0.3) is 0 Å². The largest absolute Gasteiger partial charge is 0.333 e. The average Bonchev–Trinajstić information content (AvgIpc) is 2.86. The van der Waals surface area contributed by atoms with Crippen molar-refractivity contribution < 1.29 is 13.2 Å². The minimum atomic E-state index is -3.22. The van der Waals surface area contributed by atoms with E-state index in [-0.39, 0.29) is 30.1 Å². The van der Waals surface area contributed by atoms with Crippen LogP contribution in [-0.4, -0.2) is 57.2 Å². The maximum atomic E-state index is 12.7. The van der Waals surface area contributed by atoms with Crippen molar-refractivity contribution in [2.75, 3.05) is 36.2 Å². The number of anilines is 1. The number of carbonyl (C=O) groups excluding carboxylic acids is 1. The molecule has 3 rings (SSSR count). The van der Waals surface area contributed by atoms with Crippen LogP contribution in [0.4, 0.5) is 5.69 Å². The van der Waals surface area contributed by atoms with Gasteiger partial charge >= 0.3 is 0 Å². The Morgan fingerprint density at radius 3 is 2.74 bits per heavy atom. The molecule has 0 radical (unpaired) electrons. The van der Waals surface area contributed by atoms with E-state index in [1.165, 1.54) is 4.31 Å². The molecular weight excluding hydrogens is 338 g/mol. The van der Waals surface area contributed by atoms with Gasteiger partial charge in [0.05, 0.1) is 11.4 Å². The van der Waals surface area contributed by atoms with Gasteiger partial charge in [0.1, 0.15) is 0 Å². The standard InChI is InChI=1S/C15H21N3O3S.ClH/c1-12-11-16-6-8-17(12)15(19)13-4-2-5-14(10-13)18-7-3-9-22(18,20)21;/h2,4-5,10,12,16H,3,6-9,11H2,1H3;1H. The molecule has 2 heterocycles. The lowest BCUT2D eigenvalue weighted by Gasteiger charge is -2.34. The van der Waals surface area contributed by atoms with E-state index in [9.17, 15) is 13.2 Å². The van der Waals surface area contributed by atoms with Gasteiger partial charge in [-0.25, -0.2) is 8.42 Å². The summed E-state index contributed by atoms with van der Waals surface area (Å²) < 4.78 is 25.4. The number of rotatable bonds is 2. The van der Waals surface area contributed by atoms with E-state index in [1.807, 2.05) is 11.8 Å². The highest BCUT2D eigenvalue weighted by Gasteiger charge is 2.29. The van der Waals surface area contributed by atoms with Crippen LogP contribution in [0.5, 0.6) is 0 Å². The highest BCUT2D eigenvalue weighted by atomic mass is 35.5. The first-order valence-electron chi connectivity index (χ1n) is 7.61. The van der Waals surface area contributed by atoms with Gasteiger partial charge in [-0.05, 0) is 31.5 Å². The van der Waals surface area contributed by atoms with Gasteiger partial charge in [-0.15, -0.1) is 12.4 Å². The summed E-state index contributed by atoms with van der Waals surface area (Å²) in [6.07, 6.45) is 0.634. The van der Waals surface area contributed by atoms with Gasteiger partial charge in [-0.3, -0.25) is 9.10 Å². The van der Waals surface area contributed by atoms with Crippen LogP contribution in [-0.2, 0) is 10.0 Å². The normalized spacial score (nSPS) is 23.4. The van der Waals surface area contributed by atoms with Gasteiger partial charge in [0.25, 0.3) is 5.91 Å². The molecule has 2 aliphatic heterocycles. The minimum absolute atomic E-state index is 0. The molecule has 2 saturated heterocycles. The summed E-state index contributed by atoms with van der Waals surface area (Å²) in [7, 11) is -3.22. The fraction of sp³-hybridized carbons (Fsp3) is 0.533. The van der Waals surface area contributed by atoms with Crippen LogP contribution in [0.2, 0.25) is 0 Å². The van der Waals surface area contributed by atoms with Crippen LogP contribution in [0, 0.1) is 0 Å². The molecule has 0 saturated carbocycles. The second-order valence-corrected chi connectivity index (χ2v) is 7.86. The number of sulfonamides is 1. The van der Waals surface area contributed by atoms with E-state index < -0.39 is 10.0 Å². The molecule has 128 valence electrons. The van der Waals surface area contributed by atoms with Crippen LogP contribution in [0.3, 0.4) is 0 Å². The van der Waals surface area contributed by atoms with Crippen molar-refractivity contribution in [3.8, 4) is 0 Å². The highest BCUT2D eigenvalue weighted by molar-refractivity contribution is 7.93. The number of carbonyl (C=O) groups is 1. The molecule has 2 fully saturated rings. The van der Waals surface area contributed by atoms with E-state index >= 15 is 0 Å². The fourth-order valence-electron chi connectivity index (χ4n) is 3.03. The van der Waals surface area contributed by atoms with E-state index in [1.54, 1.807) is 24.3 Å². The van der Waals surface area contributed by atoms with Gasteiger partial charge in [0.15, 0.2) is 0 Å². The number of benzene rings is 1. The number of nitrogens with zero attached hydrogens (tertiary/aromatic N) is 2. The zero-order chi connectivity index (χ0) is 15.7. The van der Waals surface area contributed by atoms with Crippen LogP contribution in [0.15, 0.2) is 24.3 Å². The Hall–Kier alpha value is -1.31. The molecule has 1 N–H and O–H groups in total. The molecule has 0 aliphatic carbocycles. The second kappa shape index (κ2) is 7.07. The predicted octanol–water partition coefficient (Wildman–Crippen LogP) is 1.08. The average molecular weight is 360 g/mol. The molecule has 1 atom stereocenters.